The number of imide groups is 2. The van der Waals surface area contributed by atoms with Gasteiger partial charge in [-0.05, 0) is 31.4 Å². The molecule has 1 fully saturated rings. The predicted octanol–water partition coefficient (Wildman–Crippen LogP) is 0.228. The van der Waals surface area contributed by atoms with E-state index in [-0.39, 0.29) is 0 Å². The first-order valence-corrected chi connectivity index (χ1v) is 8.70. The van der Waals surface area contributed by atoms with Gasteiger partial charge in [-0.25, -0.2) is 4.79 Å². The smallest absolute Gasteiger partial charge is 0.328 e. The Balaban J connectivity index is 0.000000314. The number of benzene rings is 1. The highest BCUT2D eigenvalue weighted by atomic mass is 16.4. The molecule has 1 saturated heterocycles. The maximum Gasteiger partial charge on any atom is 0.328 e. The minimum absolute atomic E-state index is 0.294. The standard InChI is InChI=1S/C12H12N2O3.C6H14N2O2/c1-2-12(8-6-4-3-5-7-8)9(15)13-11(17)14-10(12)16;7-4-2-1-3-5(8)6(9)10/h3-7H,2H2,1H3,(H2,13,14,15,16,17);5H,1-4,7-8H2,(H,9,10). The molecule has 1 aromatic rings. The monoisotopic (exact) mass is 378 g/mol. The van der Waals surface area contributed by atoms with E-state index < -0.39 is 35.3 Å². The number of carboxylic acid groups (broad SMARTS) is 1. The normalized spacial score (nSPS) is 16.5. The lowest BCUT2D eigenvalue weighted by Gasteiger charge is -2.33. The second-order valence-electron chi connectivity index (χ2n) is 6.09. The van der Waals surface area contributed by atoms with E-state index in [2.05, 4.69) is 10.6 Å². The Morgan fingerprint density at radius 3 is 2.11 bits per heavy atom. The fourth-order valence-electron chi connectivity index (χ4n) is 2.70. The van der Waals surface area contributed by atoms with Gasteiger partial charge < -0.3 is 16.6 Å². The molecule has 1 aliphatic heterocycles. The Labute approximate surface area is 157 Å². The summed E-state index contributed by atoms with van der Waals surface area (Å²) in [5.74, 6) is -2.07. The van der Waals surface area contributed by atoms with E-state index >= 15 is 0 Å². The summed E-state index contributed by atoms with van der Waals surface area (Å²) in [5.41, 5.74) is 9.70. The average Bonchev–Trinajstić information content (AvgIpc) is 2.63. The number of aliphatic carboxylic acids is 1. The first-order valence-electron chi connectivity index (χ1n) is 8.70. The number of carbonyl (C=O) groups excluding carboxylic acids is 3. The zero-order valence-corrected chi connectivity index (χ0v) is 15.2. The molecule has 9 nitrogen and oxygen atoms in total. The molecule has 0 radical (unpaired) electrons. The first-order chi connectivity index (χ1) is 12.8. The third kappa shape index (κ3) is 5.60. The van der Waals surface area contributed by atoms with Gasteiger partial charge in [0.2, 0.25) is 11.8 Å². The van der Waals surface area contributed by atoms with Crippen LogP contribution in [0.3, 0.4) is 0 Å². The molecular formula is C18H26N4O5. The van der Waals surface area contributed by atoms with E-state index in [0.717, 1.165) is 12.8 Å². The number of nitrogens with one attached hydrogen (secondary N) is 2. The van der Waals surface area contributed by atoms with Crippen molar-refractivity contribution in [3.05, 3.63) is 35.9 Å². The molecule has 1 unspecified atom stereocenters. The number of carboxylic acids is 1. The number of unbranched alkanes of at least 4 members (excludes halogenated alkanes) is 1. The molecule has 0 aromatic heterocycles. The average molecular weight is 378 g/mol. The summed E-state index contributed by atoms with van der Waals surface area (Å²) in [6.45, 7) is 2.34. The largest absolute Gasteiger partial charge is 0.480 e. The van der Waals surface area contributed by atoms with Crippen molar-refractivity contribution in [1.82, 2.24) is 10.6 Å². The van der Waals surface area contributed by atoms with Gasteiger partial charge in [0.25, 0.3) is 0 Å². The van der Waals surface area contributed by atoms with Crippen LogP contribution in [0.2, 0.25) is 0 Å². The molecule has 1 aliphatic rings. The van der Waals surface area contributed by atoms with Crippen LogP contribution in [0.5, 0.6) is 0 Å². The van der Waals surface area contributed by atoms with Crippen molar-refractivity contribution >= 4 is 23.8 Å². The number of hydrogen-bond acceptors (Lipinski definition) is 6. The van der Waals surface area contributed by atoms with Crippen molar-refractivity contribution in [3.63, 3.8) is 0 Å². The van der Waals surface area contributed by atoms with Crippen LogP contribution in [-0.2, 0) is 19.8 Å². The van der Waals surface area contributed by atoms with Gasteiger partial charge in [-0.1, -0.05) is 43.7 Å². The van der Waals surface area contributed by atoms with E-state index in [4.69, 9.17) is 16.6 Å². The number of amides is 4. The van der Waals surface area contributed by atoms with Crippen molar-refractivity contribution in [2.24, 2.45) is 11.5 Å². The number of urea groups is 1. The first kappa shape index (κ1) is 22.3. The number of barbiturate groups is 1. The maximum atomic E-state index is 12.0. The summed E-state index contributed by atoms with van der Waals surface area (Å²) >= 11 is 0. The quantitative estimate of drug-likeness (QED) is 0.334. The lowest BCUT2D eigenvalue weighted by molar-refractivity contribution is -0.140. The van der Waals surface area contributed by atoms with Crippen molar-refractivity contribution in [1.29, 1.82) is 0 Å². The zero-order chi connectivity index (χ0) is 20.4. The van der Waals surface area contributed by atoms with Gasteiger partial charge >= 0.3 is 12.0 Å². The topological polar surface area (TPSA) is 165 Å². The molecular weight excluding hydrogens is 352 g/mol. The van der Waals surface area contributed by atoms with Crippen LogP contribution in [0.15, 0.2) is 30.3 Å². The van der Waals surface area contributed by atoms with Gasteiger partial charge in [0.05, 0.1) is 0 Å². The van der Waals surface area contributed by atoms with Crippen LogP contribution in [0.1, 0.15) is 38.2 Å². The fourth-order valence-corrected chi connectivity index (χ4v) is 2.70. The summed E-state index contributed by atoms with van der Waals surface area (Å²) in [6, 6.07) is 7.24. The van der Waals surface area contributed by atoms with Crippen molar-refractivity contribution < 1.29 is 24.3 Å². The summed E-state index contributed by atoms with van der Waals surface area (Å²) in [7, 11) is 0. The van der Waals surface area contributed by atoms with Crippen LogP contribution in [0, 0.1) is 0 Å². The second-order valence-corrected chi connectivity index (χ2v) is 6.09. The molecule has 148 valence electrons. The molecule has 1 heterocycles. The Morgan fingerprint density at radius 1 is 1.11 bits per heavy atom. The minimum Gasteiger partial charge on any atom is -0.480 e. The molecule has 0 saturated carbocycles. The third-order valence-electron chi connectivity index (χ3n) is 4.31. The van der Waals surface area contributed by atoms with E-state index in [1.807, 2.05) is 0 Å². The van der Waals surface area contributed by atoms with Crippen molar-refractivity contribution in [2.45, 2.75) is 44.1 Å². The second kappa shape index (κ2) is 10.4. The maximum absolute atomic E-state index is 12.0. The van der Waals surface area contributed by atoms with Crippen LogP contribution in [-0.4, -0.2) is 41.5 Å². The molecule has 0 spiro atoms. The Kier molecular flexibility index (Phi) is 8.57. The highest BCUT2D eigenvalue weighted by Gasteiger charge is 2.50. The summed E-state index contributed by atoms with van der Waals surface area (Å²) in [4.78, 5) is 45.1. The molecule has 7 N–H and O–H groups in total. The van der Waals surface area contributed by atoms with Gasteiger partial charge in [-0.2, -0.15) is 0 Å². The van der Waals surface area contributed by atoms with Gasteiger partial charge in [0, 0.05) is 0 Å². The number of nitrogens with two attached hydrogens (primary N) is 2. The van der Waals surface area contributed by atoms with Gasteiger partial charge in [0.1, 0.15) is 6.04 Å². The van der Waals surface area contributed by atoms with Crippen LogP contribution < -0.4 is 22.1 Å². The Morgan fingerprint density at radius 2 is 1.67 bits per heavy atom. The van der Waals surface area contributed by atoms with Crippen LogP contribution in [0.4, 0.5) is 4.79 Å². The van der Waals surface area contributed by atoms with Gasteiger partial charge in [-0.3, -0.25) is 25.0 Å². The molecule has 0 bridgehead atoms. The lowest BCUT2D eigenvalue weighted by Crippen LogP contribution is -2.64. The van der Waals surface area contributed by atoms with Crippen LogP contribution in [0.25, 0.3) is 0 Å². The molecule has 2 rings (SSSR count). The van der Waals surface area contributed by atoms with E-state index in [0.29, 0.717) is 24.9 Å². The predicted molar refractivity (Wildman–Crippen MR) is 98.6 cm³/mol. The van der Waals surface area contributed by atoms with Crippen LogP contribution >= 0.6 is 0 Å². The number of rotatable bonds is 7. The lowest BCUT2D eigenvalue weighted by atomic mass is 9.75. The Hall–Kier alpha value is -2.78. The molecule has 0 aliphatic carbocycles. The number of hydrogen-bond donors (Lipinski definition) is 5. The fraction of sp³-hybridized carbons (Fsp3) is 0.444. The van der Waals surface area contributed by atoms with E-state index in [9.17, 15) is 19.2 Å². The van der Waals surface area contributed by atoms with Crippen molar-refractivity contribution in [2.75, 3.05) is 6.54 Å². The number of carbonyl (C=O) groups is 4. The highest BCUT2D eigenvalue weighted by Crippen LogP contribution is 2.30. The van der Waals surface area contributed by atoms with Gasteiger partial charge in [-0.15, -0.1) is 0 Å². The Bertz CT molecular complexity index is 658. The van der Waals surface area contributed by atoms with E-state index in [1.54, 1.807) is 37.3 Å². The molecule has 9 heteroatoms. The molecule has 1 atom stereocenters. The summed E-state index contributed by atoms with van der Waals surface area (Å²) in [5, 5.41) is 12.6. The molecule has 27 heavy (non-hydrogen) atoms. The highest BCUT2D eigenvalue weighted by molar-refractivity contribution is 6.22. The van der Waals surface area contributed by atoms with Gasteiger partial charge in [0.15, 0.2) is 5.41 Å². The van der Waals surface area contributed by atoms with Crippen molar-refractivity contribution in [3.8, 4) is 0 Å². The zero-order valence-electron chi connectivity index (χ0n) is 15.2. The summed E-state index contributed by atoms with van der Waals surface area (Å²) in [6.07, 6.45) is 2.46. The summed E-state index contributed by atoms with van der Waals surface area (Å²) < 4.78 is 0. The van der Waals surface area contributed by atoms with E-state index in [1.165, 1.54) is 0 Å². The SMILES string of the molecule is CCC1(c2ccccc2)C(=O)NC(=O)NC1=O.NCCCCC(N)C(=O)O. The molecule has 4 amide bonds. The third-order valence-corrected chi connectivity index (χ3v) is 4.31. The molecule has 1 aromatic carbocycles. The minimum atomic E-state index is -1.31.